The zero-order chi connectivity index (χ0) is 28.7. The van der Waals surface area contributed by atoms with Gasteiger partial charge in [0.25, 0.3) is 0 Å². The predicted molar refractivity (Wildman–Crippen MR) is 160 cm³/mol. The van der Waals surface area contributed by atoms with E-state index in [2.05, 4.69) is 35.6 Å². The molecule has 1 amide bonds. The van der Waals surface area contributed by atoms with Gasteiger partial charge in [-0.15, -0.1) is 0 Å². The van der Waals surface area contributed by atoms with Gasteiger partial charge in [-0.2, -0.15) is 15.2 Å². The molecule has 1 spiro atoms. The van der Waals surface area contributed by atoms with Crippen LogP contribution >= 0.6 is 23.2 Å². The highest BCUT2D eigenvalue weighted by Gasteiger charge is 2.45. The smallest absolute Gasteiger partial charge is 0.318 e. The molecular formula is C31H36Cl2N6O2. The maximum absolute atomic E-state index is 12.5. The van der Waals surface area contributed by atoms with E-state index in [0.29, 0.717) is 43.3 Å². The van der Waals surface area contributed by atoms with E-state index in [1.807, 2.05) is 6.07 Å². The largest absolute Gasteiger partial charge is 0.462 e. The molecule has 0 N–H and O–H groups in total. The molecule has 2 saturated heterocycles. The van der Waals surface area contributed by atoms with Crippen molar-refractivity contribution in [3.05, 3.63) is 57.2 Å². The SMILES string of the molecule is C=CC(=O)N1CCN(c2nc(OC[C@@H]3CCCN3C)nc3c2CCC2(CCc4cc(Cl)cc(Cl)c42)C3)C[C@@H]1CC#N. The van der Waals surface area contributed by atoms with Gasteiger partial charge in [0.2, 0.25) is 5.91 Å². The van der Waals surface area contributed by atoms with E-state index in [4.69, 9.17) is 37.9 Å². The Bertz CT molecular complexity index is 1410. The molecule has 1 unspecified atom stereocenters. The molecule has 41 heavy (non-hydrogen) atoms. The maximum Gasteiger partial charge on any atom is 0.318 e. The standard InChI is InChI=1S/C31H36Cl2N6O2/c1-3-27(40)39-14-13-38(18-22(39)8-11-34)29-24-7-10-31(9-6-20-15-21(32)16-25(33)28(20)31)17-26(24)35-30(36-29)41-19-23-5-4-12-37(23)2/h3,15-16,22-23H,1,4-10,12-14,17-19H2,2H3/t22-,23-,31?/m0/s1. The lowest BCUT2D eigenvalue weighted by atomic mass is 9.69. The number of carbonyl (C=O) groups excluding carboxylic acids is 1. The van der Waals surface area contributed by atoms with Gasteiger partial charge in [0.05, 0.1) is 24.2 Å². The molecule has 2 aromatic rings. The number of likely N-dealkylation sites (N-methyl/N-ethyl adjacent to an activating group) is 1. The summed E-state index contributed by atoms with van der Waals surface area (Å²) >= 11 is 13.2. The Labute approximate surface area is 251 Å². The van der Waals surface area contributed by atoms with Crippen molar-refractivity contribution in [3.8, 4) is 12.1 Å². The number of anilines is 1. The summed E-state index contributed by atoms with van der Waals surface area (Å²) in [4.78, 5) is 28.9. The van der Waals surface area contributed by atoms with Crippen molar-refractivity contribution in [2.45, 2.75) is 68.9 Å². The van der Waals surface area contributed by atoms with E-state index < -0.39 is 0 Å². The molecule has 0 radical (unpaired) electrons. The lowest BCUT2D eigenvalue weighted by Gasteiger charge is -2.42. The quantitative estimate of drug-likeness (QED) is 0.446. The van der Waals surface area contributed by atoms with Gasteiger partial charge in [-0.1, -0.05) is 29.8 Å². The van der Waals surface area contributed by atoms with E-state index in [9.17, 15) is 10.1 Å². The number of aromatic nitrogens is 2. The van der Waals surface area contributed by atoms with Crippen LogP contribution in [0.25, 0.3) is 0 Å². The Morgan fingerprint density at radius 2 is 2.05 bits per heavy atom. The monoisotopic (exact) mass is 594 g/mol. The molecular weight excluding hydrogens is 559 g/mol. The van der Waals surface area contributed by atoms with Gasteiger partial charge < -0.3 is 19.4 Å². The average molecular weight is 596 g/mol. The Morgan fingerprint density at radius 3 is 2.80 bits per heavy atom. The van der Waals surface area contributed by atoms with E-state index >= 15 is 0 Å². The highest BCUT2D eigenvalue weighted by molar-refractivity contribution is 6.35. The van der Waals surface area contributed by atoms with Crippen LogP contribution in [0.3, 0.4) is 0 Å². The van der Waals surface area contributed by atoms with Crippen molar-refractivity contribution in [2.75, 3.05) is 44.7 Å². The second-order valence-corrected chi connectivity index (χ2v) is 12.8. The molecule has 1 aromatic carbocycles. The number of nitriles is 1. The minimum atomic E-state index is -0.235. The van der Waals surface area contributed by atoms with Crippen molar-refractivity contribution >= 4 is 34.9 Å². The van der Waals surface area contributed by atoms with Crippen molar-refractivity contribution < 1.29 is 9.53 Å². The first kappa shape index (κ1) is 28.3. The number of benzene rings is 1. The fourth-order valence-electron chi connectivity index (χ4n) is 7.44. The molecule has 2 aliphatic carbocycles. The number of nitrogens with zero attached hydrogens (tertiary/aromatic N) is 6. The summed E-state index contributed by atoms with van der Waals surface area (Å²) in [5, 5.41) is 10.9. The fourth-order valence-corrected chi connectivity index (χ4v) is 8.17. The summed E-state index contributed by atoms with van der Waals surface area (Å²) in [6, 6.07) is 6.70. The lowest BCUT2D eigenvalue weighted by Crippen LogP contribution is -2.55. The van der Waals surface area contributed by atoms with Gasteiger partial charge in [-0.3, -0.25) is 4.79 Å². The van der Waals surface area contributed by atoms with Gasteiger partial charge >= 0.3 is 6.01 Å². The normalized spacial score (nSPS) is 25.6. The number of ether oxygens (including phenoxy) is 1. The van der Waals surface area contributed by atoms with E-state index in [0.717, 1.165) is 67.2 Å². The van der Waals surface area contributed by atoms with Crippen LogP contribution in [0.5, 0.6) is 6.01 Å². The summed E-state index contributed by atoms with van der Waals surface area (Å²) in [6.07, 6.45) is 8.36. The summed E-state index contributed by atoms with van der Waals surface area (Å²) in [6.45, 7) is 6.93. The van der Waals surface area contributed by atoms with Gasteiger partial charge in [0.1, 0.15) is 12.4 Å². The third-order valence-electron chi connectivity index (χ3n) is 9.59. The van der Waals surface area contributed by atoms with Crippen LogP contribution < -0.4 is 9.64 Å². The van der Waals surface area contributed by atoms with Crippen LogP contribution in [-0.2, 0) is 29.5 Å². The number of amides is 1. The maximum atomic E-state index is 12.5. The van der Waals surface area contributed by atoms with E-state index in [1.165, 1.54) is 23.6 Å². The third kappa shape index (κ3) is 5.29. The topological polar surface area (TPSA) is 85.6 Å². The number of aryl methyl sites for hydroxylation is 1. The Hall–Kier alpha value is -2.86. The number of piperazine rings is 1. The van der Waals surface area contributed by atoms with E-state index in [1.54, 1.807) is 4.90 Å². The van der Waals surface area contributed by atoms with E-state index in [-0.39, 0.29) is 23.8 Å². The van der Waals surface area contributed by atoms with Crippen LogP contribution in [0.1, 0.15) is 54.5 Å². The van der Waals surface area contributed by atoms with Crippen LogP contribution in [0, 0.1) is 11.3 Å². The van der Waals surface area contributed by atoms with Crippen LogP contribution in [-0.4, -0.2) is 77.6 Å². The summed E-state index contributed by atoms with van der Waals surface area (Å²) < 4.78 is 6.30. The Morgan fingerprint density at radius 1 is 1.22 bits per heavy atom. The molecule has 0 saturated carbocycles. The number of fused-ring (bicyclic) bond motifs is 3. The predicted octanol–water partition coefficient (Wildman–Crippen LogP) is 4.75. The second-order valence-electron chi connectivity index (χ2n) is 11.9. The summed E-state index contributed by atoms with van der Waals surface area (Å²) in [7, 11) is 2.14. The van der Waals surface area contributed by atoms with Crippen molar-refractivity contribution in [1.82, 2.24) is 19.8 Å². The molecule has 3 heterocycles. The Kier molecular flexibility index (Phi) is 7.88. The number of halogens is 2. The number of rotatable bonds is 6. The van der Waals surface area contributed by atoms with Crippen LogP contribution in [0.4, 0.5) is 5.82 Å². The first-order chi connectivity index (χ1) is 19.8. The van der Waals surface area contributed by atoms with Crippen molar-refractivity contribution in [2.24, 2.45) is 0 Å². The molecule has 2 aliphatic heterocycles. The van der Waals surface area contributed by atoms with Gasteiger partial charge in [0, 0.05) is 53.1 Å². The number of likely N-dealkylation sites (tertiary alicyclic amines) is 1. The zero-order valence-electron chi connectivity index (χ0n) is 23.5. The Balaban J connectivity index is 1.35. The number of hydrogen-bond acceptors (Lipinski definition) is 7. The van der Waals surface area contributed by atoms with Crippen molar-refractivity contribution in [3.63, 3.8) is 0 Å². The summed E-state index contributed by atoms with van der Waals surface area (Å²) in [5.74, 6) is 0.729. The lowest BCUT2D eigenvalue weighted by molar-refractivity contribution is -0.128. The molecule has 216 valence electrons. The van der Waals surface area contributed by atoms with Gasteiger partial charge in [-0.25, -0.2) is 0 Å². The number of carbonyl (C=O) groups is 1. The molecule has 6 rings (SSSR count). The first-order valence-corrected chi connectivity index (χ1v) is 15.3. The summed E-state index contributed by atoms with van der Waals surface area (Å²) in [5.41, 5.74) is 4.52. The van der Waals surface area contributed by atoms with Crippen LogP contribution in [0.15, 0.2) is 24.8 Å². The minimum Gasteiger partial charge on any atom is -0.462 e. The molecule has 3 atom stereocenters. The molecule has 4 aliphatic rings. The highest BCUT2D eigenvalue weighted by Crippen LogP contribution is 2.51. The minimum absolute atomic E-state index is 0.0863. The van der Waals surface area contributed by atoms with Gasteiger partial charge in [0.15, 0.2) is 0 Å². The van der Waals surface area contributed by atoms with Crippen molar-refractivity contribution in [1.29, 1.82) is 5.26 Å². The first-order valence-electron chi connectivity index (χ1n) is 14.6. The number of hydrogen-bond donors (Lipinski definition) is 0. The molecule has 10 heteroatoms. The van der Waals surface area contributed by atoms with Gasteiger partial charge in [-0.05, 0) is 81.5 Å². The third-order valence-corrected chi connectivity index (χ3v) is 10.1. The second kappa shape index (κ2) is 11.4. The zero-order valence-corrected chi connectivity index (χ0v) is 25.1. The molecule has 0 bridgehead atoms. The highest BCUT2D eigenvalue weighted by atomic mass is 35.5. The fraction of sp³-hybridized carbons (Fsp3) is 0.548. The van der Waals surface area contributed by atoms with Crippen LogP contribution in [0.2, 0.25) is 10.0 Å². The molecule has 1 aromatic heterocycles. The molecule has 2 fully saturated rings. The molecule has 8 nitrogen and oxygen atoms in total. The average Bonchev–Trinajstić information content (AvgIpc) is 3.53.